The lowest BCUT2D eigenvalue weighted by molar-refractivity contribution is -0.394. The van der Waals surface area contributed by atoms with Crippen molar-refractivity contribution in [1.29, 1.82) is 0 Å². The second kappa shape index (κ2) is 8.83. The molecule has 6 heteroatoms. The topological polar surface area (TPSA) is 82.1 Å². The smallest absolute Gasteiger partial charge is 0.337 e. The Morgan fingerprint density at radius 3 is 2.44 bits per heavy atom. The summed E-state index contributed by atoms with van der Waals surface area (Å²) in [6.07, 6.45) is 0.730. The Bertz CT molecular complexity index is 1400. The molecule has 1 unspecified atom stereocenters. The van der Waals surface area contributed by atoms with Crippen molar-refractivity contribution in [3.63, 3.8) is 0 Å². The minimum Gasteiger partial charge on any atom is -0.424 e. The van der Waals surface area contributed by atoms with Crippen LogP contribution in [0.4, 0.5) is 0 Å². The maximum atomic E-state index is 13.2. The molecule has 0 spiro atoms. The quantitative estimate of drug-likeness (QED) is 0.141. The van der Waals surface area contributed by atoms with Gasteiger partial charge in [0.15, 0.2) is 5.78 Å². The van der Waals surface area contributed by atoms with Gasteiger partial charge in [0, 0.05) is 27.6 Å². The highest BCUT2D eigenvalue weighted by molar-refractivity contribution is 6.13. The molecule has 0 heterocycles. The molecule has 1 atom stereocenters. The van der Waals surface area contributed by atoms with Crippen LogP contribution < -0.4 is 4.74 Å². The van der Waals surface area contributed by atoms with E-state index >= 15 is 0 Å². The van der Waals surface area contributed by atoms with Crippen molar-refractivity contribution in [1.82, 2.24) is 0 Å². The normalized spacial score (nSPS) is 16.7. The predicted octanol–water partition coefficient (Wildman–Crippen LogP) is 5.26. The maximum absolute atomic E-state index is 13.2. The largest absolute Gasteiger partial charge is 0.424 e. The van der Waals surface area contributed by atoms with Crippen LogP contribution in [-0.2, 0) is 26.6 Å². The first-order chi connectivity index (χ1) is 16.6. The van der Waals surface area contributed by atoms with Crippen molar-refractivity contribution in [2.75, 3.05) is 6.61 Å². The van der Waals surface area contributed by atoms with Crippen LogP contribution in [0.25, 0.3) is 10.8 Å². The van der Waals surface area contributed by atoms with E-state index < -0.39 is 18.4 Å². The molecule has 0 aliphatic heterocycles. The summed E-state index contributed by atoms with van der Waals surface area (Å²) in [5, 5.41) is 11.8. The fraction of sp³-hybridized carbons (Fsp3) is 0.143. The number of esters is 1. The van der Waals surface area contributed by atoms with Gasteiger partial charge in [0.2, 0.25) is 0 Å². The number of hydrogen-bond acceptors (Lipinski definition) is 6. The van der Waals surface area contributed by atoms with E-state index in [1.807, 2.05) is 43.3 Å². The molecule has 0 amide bonds. The van der Waals surface area contributed by atoms with Crippen LogP contribution in [0.15, 0.2) is 84.9 Å². The average Bonchev–Trinajstić information content (AvgIpc) is 2.89. The Morgan fingerprint density at radius 1 is 0.882 bits per heavy atom. The number of ether oxygens (including phenoxy) is 2. The number of aryl methyl sites for hydroxylation is 1. The first kappa shape index (κ1) is 22.0. The van der Waals surface area contributed by atoms with E-state index in [-0.39, 0.29) is 5.78 Å². The molecule has 6 nitrogen and oxygen atoms in total. The molecule has 0 saturated heterocycles. The summed E-state index contributed by atoms with van der Waals surface area (Å²) in [7, 11) is 0. The van der Waals surface area contributed by atoms with E-state index in [1.165, 1.54) is 0 Å². The molecule has 0 saturated carbocycles. The zero-order valence-corrected chi connectivity index (χ0v) is 18.5. The van der Waals surface area contributed by atoms with Crippen molar-refractivity contribution in [3.05, 3.63) is 113 Å². The van der Waals surface area contributed by atoms with Gasteiger partial charge in [-0.15, -0.1) is 0 Å². The molecule has 0 radical (unpaired) electrons. The molecular formula is C28H22O6. The third kappa shape index (κ3) is 3.58. The van der Waals surface area contributed by atoms with Gasteiger partial charge in [0.05, 0.1) is 0 Å². The summed E-state index contributed by atoms with van der Waals surface area (Å²) in [6.45, 7) is 1.46. The predicted molar refractivity (Wildman–Crippen MR) is 126 cm³/mol. The number of carbonyl (C=O) groups is 2. The van der Waals surface area contributed by atoms with E-state index in [0.29, 0.717) is 28.0 Å². The second-order valence-corrected chi connectivity index (χ2v) is 8.06. The zero-order valence-electron chi connectivity index (χ0n) is 18.5. The Labute approximate surface area is 196 Å². The van der Waals surface area contributed by atoms with Crippen molar-refractivity contribution in [2.45, 2.75) is 19.1 Å². The number of carbonyl (C=O) groups excluding carboxylic acids is 2. The Balaban J connectivity index is 1.49. The number of rotatable bonds is 6. The van der Waals surface area contributed by atoms with Crippen molar-refractivity contribution in [2.24, 2.45) is 0 Å². The highest BCUT2D eigenvalue weighted by Crippen LogP contribution is 2.43. The van der Waals surface area contributed by atoms with Gasteiger partial charge in [-0.2, -0.15) is 4.89 Å². The third-order valence-corrected chi connectivity index (χ3v) is 6.11. The number of fused-ring (bicyclic) bond motifs is 3. The summed E-state index contributed by atoms with van der Waals surface area (Å²) in [6, 6.07) is 25.0. The zero-order chi connectivity index (χ0) is 23.7. The Hall–Kier alpha value is -3.84. The van der Waals surface area contributed by atoms with E-state index in [9.17, 15) is 14.8 Å². The Kier molecular flexibility index (Phi) is 5.71. The lowest BCUT2D eigenvalue weighted by atomic mass is 9.79. The van der Waals surface area contributed by atoms with Crippen LogP contribution in [0.2, 0.25) is 0 Å². The van der Waals surface area contributed by atoms with Crippen molar-refractivity contribution in [3.8, 4) is 5.75 Å². The molecule has 0 fully saturated rings. The minimum absolute atomic E-state index is 0.199. The van der Waals surface area contributed by atoms with Gasteiger partial charge < -0.3 is 9.47 Å². The van der Waals surface area contributed by atoms with Gasteiger partial charge in [0.25, 0.3) is 5.79 Å². The lowest BCUT2D eigenvalue weighted by Gasteiger charge is -2.36. The van der Waals surface area contributed by atoms with Gasteiger partial charge in [-0.1, -0.05) is 79.7 Å². The second-order valence-electron chi connectivity index (χ2n) is 8.06. The van der Waals surface area contributed by atoms with Gasteiger partial charge in [0.1, 0.15) is 12.4 Å². The fourth-order valence-electron chi connectivity index (χ4n) is 4.42. The molecule has 34 heavy (non-hydrogen) atoms. The molecule has 1 aliphatic carbocycles. The number of benzene rings is 4. The van der Waals surface area contributed by atoms with E-state index in [4.69, 9.17) is 14.4 Å². The molecule has 4 aromatic rings. The molecule has 1 N–H and O–H groups in total. The summed E-state index contributed by atoms with van der Waals surface area (Å²) < 4.78 is 11.5. The molecule has 0 aromatic heterocycles. The highest BCUT2D eigenvalue weighted by atomic mass is 17.1. The SMILES string of the molecule is CCc1ccc2c(c1)C(=O)c1ccccc1C2(OO)OCC(=O)Oc1cccc2ccccc12. The van der Waals surface area contributed by atoms with E-state index in [0.717, 1.165) is 22.8 Å². The first-order valence-corrected chi connectivity index (χ1v) is 11.0. The summed E-state index contributed by atoms with van der Waals surface area (Å²) >= 11 is 0. The minimum atomic E-state index is -1.86. The van der Waals surface area contributed by atoms with Gasteiger partial charge in [-0.3, -0.25) is 4.79 Å². The molecule has 170 valence electrons. The van der Waals surface area contributed by atoms with E-state index in [1.54, 1.807) is 48.5 Å². The van der Waals surface area contributed by atoms with Gasteiger partial charge >= 0.3 is 5.97 Å². The number of ketones is 1. The average molecular weight is 454 g/mol. The number of hydrogen-bond donors (Lipinski definition) is 1. The molecule has 0 bridgehead atoms. The summed E-state index contributed by atoms with van der Waals surface area (Å²) in [4.78, 5) is 30.9. The fourth-order valence-corrected chi connectivity index (χ4v) is 4.42. The third-order valence-electron chi connectivity index (χ3n) is 6.11. The monoisotopic (exact) mass is 454 g/mol. The molecular weight excluding hydrogens is 432 g/mol. The first-order valence-electron chi connectivity index (χ1n) is 11.0. The molecule has 1 aliphatic rings. The van der Waals surface area contributed by atoms with Gasteiger partial charge in [-0.05, 0) is 29.5 Å². The van der Waals surface area contributed by atoms with Crippen LogP contribution in [0, 0.1) is 0 Å². The van der Waals surface area contributed by atoms with Crippen molar-refractivity contribution >= 4 is 22.5 Å². The van der Waals surface area contributed by atoms with Crippen LogP contribution >= 0.6 is 0 Å². The Morgan fingerprint density at radius 2 is 1.62 bits per heavy atom. The summed E-state index contributed by atoms with van der Waals surface area (Å²) in [5.41, 5.74) is 2.29. The van der Waals surface area contributed by atoms with Crippen molar-refractivity contribution < 1.29 is 29.2 Å². The standard InChI is InChI=1S/C28H22O6/c1-2-18-14-15-24-22(16-18)27(30)21-11-5-6-12-23(21)28(24,34-31)32-17-26(29)33-25-13-7-9-19-8-3-4-10-20(19)25/h3-16,31H,2,17H2,1H3. The summed E-state index contributed by atoms with van der Waals surface area (Å²) in [5.74, 6) is -2.33. The highest BCUT2D eigenvalue weighted by Gasteiger charge is 2.47. The molecule has 4 aromatic carbocycles. The van der Waals surface area contributed by atoms with Crippen LogP contribution in [0.1, 0.15) is 39.5 Å². The van der Waals surface area contributed by atoms with Crippen LogP contribution in [0.5, 0.6) is 5.75 Å². The lowest BCUT2D eigenvalue weighted by Crippen LogP contribution is -2.41. The van der Waals surface area contributed by atoms with Crippen LogP contribution in [-0.4, -0.2) is 23.6 Å². The van der Waals surface area contributed by atoms with Crippen LogP contribution in [0.3, 0.4) is 0 Å². The van der Waals surface area contributed by atoms with Gasteiger partial charge in [-0.25, -0.2) is 10.1 Å². The van der Waals surface area contributed by atoms with E-state index in [2.05, 4.69) is 0 Å². The molecule has 5 rings (SSSR count). The maximum Gasteiger partial charge on any atom is 0.337 e.